The molecular formula is C21H22F3N5O4S. The van der Waals surface area contributed by atoms with E-state index in [1.807, 2.05) is 0 Å². The van der Waals surface area contributed by atoms with E-state index < -0.39 is 21.9 Å². The molecule has 0 unspecified atom stereocenters. The average Bonchev–Trinajstić information content (AvgIpc) is 3.32. The molecule has 34 heavy (non-hydrogen) atoms. The molecule has 3 heterocycles. The first kappa shape index (κ1) is 24.0. The van der Waals surface area contributed by atoms with Crippen molar-refractivity contribution < 1.29 is 30.9 Å². The third-order valence-electron chi connectivity index (χ3n) is 5.57. The van der Waals surface area contributed by atoms with E-state index in [-0.39, 0.29) is 41.9 Å². The van der Waals surface area contributed by atoms with Gasteiger partial charge in [0.1, 0.15) is 10.6 Å². The average molecular weight is 497 g/mol. The lowest BCUT2D eigenvalue weighted by Crippen LogP contribution is -2.37. The second kappa shape index (κ2) is 8.87. The molecule has 13 heteroatoms. The molecule has 1 aliphatic heterocycles. The van der Waals surface area contributed by atoms with Gasteiger partial charge in [-0.3, -0.25) is 4.79 Å². The second-order valence-electron chi connectivity index (χ2n) is 7.89. The number of benzene rings is 1. The van der Waals surface area contributed by atoms with Crippen molar-refractivity contribution in [2.75, 3.05) is 26.2 Å². The van der Waals surface area contributed by atoms with E-state index in [0.29, 0.717) is 24.2 Å². The fourth-order valence-electron chi connectivity index (χ4n) is 3.87. The minimum atomic E-state index is -4.54. The predicted molar refractivity (Wildman–Crippen MR) is 114 cm³/mol. The maximum atomic E-state index is 13.1. The highest BCUT2D eigenvalue weighted by Crippen LogP contribution is 2.28. The van der Waals surface area contributed by atoms with Crippen LogP contribution in [0, 0.1) is 13.8 Å². The van der Waals surface area contributed by atoms with E-state index in [0.717, 1.165) is 10.7 Å². The van der Waals surface area contributed by atoms with Gasteiger partial charge in [-0.25, -0.2) is 13.1 Å². The number of nitrogens with zero attached hydrogens (tertiary/aromatic N) is 5. The Labute approximate surface area is 193 Å². The molecule has 0 N–H and O–H groups in total. The Morgan fingerprint density at radius 3 is 2.32 bits per heavy atom. The lowest BCUT2D eigenvalue weighted by Gasteiger charge is -2.22. The van der Waals surface area contributed by atoms with Crippen molar-refractivity contribution in [1.29, 1.82) is 0 Å². The SMILES string of the molecule is Cc1noc(C)c1S(=O)(=O)N1CCCN(C(=O)c2ccc(-n3ccc(C(F)(F)F)n3)cc2)CC1. The Hall–Kier alpha value is -3.19. The first-order valence-corrected chi connectivity index (χ1v) is 11.9. The molecule has 1 aliphatic rings. The number of amides is 1. The number of carbonyl (C=O) groups is 1. The van der Waals surface area contributed by atoms with Crippen LogP contribution in [0.3, 0.4) is 0 Å². The van der Waals surface area contributed by atoms with E-state index in [9.17, 15) is 26.4 Å². The molecule has 0 saturated carbocycles. The number of hydrogen-bond acceptors (Lipinski definition) is 6. The topological polar surface area (TPSA) is 102 Å². The van der Waals surface area contributed by atoms with E-state index >= 15 is 0 Å². The molecule has 1 saturated heterocycles. The number of hydrogen-bond donors (Lipinski definition) is 0. The summed E-state index contributed by atoms with van der Waals surface area (Å²) in [4.78, 5) is 14.6. The van der Waals surface area contributed by atoms with Gasteiger partial charge < -0.3 is 9.42 Å². The third kappa shape index (κ3) is 4.57. The zero-order chi connectivity index (χ0) is 24.7. The van der Waals surface area contributed by atoms with Gasteiger partial charge in [-0.1, -0.05) is 5.16 Å². The second-order valence-corrected chi connectivity index (χ2v) is 9.77. The highest BCUT2D eigenvalue weighted by Gasteiger charge is 2.34. The van der Waals surface area contributed by atoms with Gasteiger partial charge in [0, 0.05) is 37.9 Å². The van der Waals surface area contributed by atoms with Crippen molar-refractivity contribution in [2.24, 2.45) is 0 Å². The third-order valence-corrected chi connectivity index (χ3v) is 7.71. The van der Waals surface area contributed by atoms with Crippen LogP contribution in [0.15, 0.2) is 45.9 Å². The summed E-state index contributed by atoms with van der Waals surface area (Å²) in [6.07, 6.45) is -2.90. The summed E-state index contributed by atoms with van der Waals surface area (Å²) in [5.41, 5.74) is -0.00347. The molecule has 182 valence electrons. The van der Waals surface area contributed by atoms with E-state index in [2.05, 4.69) is 10.3 Å². The molecule has 0 aliphatic carbocycles. The van der Waals surface area contributed by atoms with Crippen LogP contribution in [-0.4, -0.2) is 64.6 Å². The fraction of sp³-hybridized carbons (Fsp3) is 0.381. The van der Waals surface area contributed by atoms with E-state index in [4.69, 9.17) is 4.52 Å². The quantitative estimate of drug-likeness (QED) is 0.549. The largest absolute Gasteiger partial charge is 0.435 e. The lowest BCUT2D eigenvalue weighted by atomic mass is 10.1. The van der Waals surface area contributed by atoms with Gasteiger partial charge in [0.2, 0.25) is 10.0 Å². The Bertz CT molecular complexity index is 1280. The zero-order valence-electron chi connectivity index (χ0n) is 18.4. The molecule has 0 spiro atoms. The van der Waals surface area contributed by atoms with Crippen LogP contribution in [-0.2, 0) is 16.2 Å². The highest BCUT2D eigenvalue weighted by atomic mass is 32.2. The van der Waals surface area contributed by atoms with Crippen LogP contribution in [0.1, 0.15) is 33.9 Å². The van der Waals surface area contributed by atoms with Gasteiger partial charge >= 0.3 is 6.18 Å². The molecular weight excluding hydrogens is 475 g/mol. The number of rotatable bonds is 4. The highest BCUT2D eigenvalue weighted by molar-refractivity contribution is 7.89. The molecule has 1 aromatic carbocycles. The van der Waals surface area contributed by atoms with Crippen molar-refractivity contribution in [3.8, 4) is 5.69 Å². The summed E-state index contributed by atoms with van der Waals surface area (Å²) in [7, 11) is -3.81. The number of sulfonamides is 1. The van der Waals surface area contributed by atoms with Gasteiger partial charge in [0.25, 0.3) is 5.91 Å². The number of aryl methyl sites for hydroxylation is 2. The van der Waals surface area contributed by atoms with Crippen LogP contribution in [0.2, 0.25) is 0 Å². The molecule has 0 bridgehead atoms. The van der Waals surface area contributed by atoms with Crippen LogP contribution in [0.5, 0.6) is 0 Å². The molecule has 1 amide bonds. The molecule has 1 fully saturated rings. The summed E-state index contributed by atoms with van der Waals surface area (Å²) in [6.45, 7) is 4.02. The molecule has 9 nitrogen and oxygen atoms in total. The Morgan fingerprint density at radius 2 is 1.74 bits per heavy atom. The summed E-state index contributed by atoms with van der Waals surface area (Å²) in [5.74, 6) is -0.0751. The van der Waals surface area contributed by atoms with Crippen molar-refractivity contribution >= 4 is 15.9 Å². The van der Waals surface area contributed by atoms with Crippen molar-refractivity contribution in [2.45, 2.75) is 31.3 Å². The maximum Gasteiger partial charge on any atom is 0.435 e. The minimum absolute atomic E-state index is 0.0511. The summed E-state index contributed by atoms with van der Waals surface area (Å²) >= 11 is 0. The number of alkyl halides is 3. The Balaban J connectivity index is 1.45. The predicted octanol–water partition coefficient (Wildman–Crippen LogP) is 3.03. The smallest absolute Gasteiger partial charge is 0.360 e. The summed E-state index contributed by atoms with van der Waals surface area (Å²) < 4.78 is 71.9. The van der Waals surface area contributed by atoms with Crippen LogP contribution in [0.4, 0.5) is 13.2 Å². The van der Waals surface area contributed by atoms with Crippen molar-refractivity contribution in [3.63, 3.8) is 0 Å². The van der Waals surface area contributed by atoms with Gasteiger partial charge in [0.05, 0.1) is 5.69 Å². The molecule has 2 aromatic heterocycles. The fourth-order valence-corrected chi connectivity index (χ4v) is 5.63. The Morgan fingerprint density at radius 1 is 1.03 bits per heavy atom. The van der Waals surface area contributed by atoms with Gasteiger partial charge in [-0.05, 0) is 50.6 Å². The van der Waals surface area contributed by atoms with Gasteiger partial charge in [-0.15, -0.1) is 0 Å². The zero-order valence-corrected chi connectivity index (χ0v) is 19.2. The number of halogens is 3. The standard InChI is InChI=1S/C21H22F3N5O4S/c1-14-19(15(2)33-26-14)34(31,32)28-10-3-9-27(12-13-28)20(30)16-4-6-17(7-5-16)29-11-8-18(25-29)21(22,23)24/h4-8,11H,3,9-10,12-13H2,1-2H3. The number of aromatic nitrogens is 3. The first-order valence-electron chi connectivity index (χ1n) is 10.4. The van der Waals surface area contributed by atoms with Crippen molar-refractivity contribution in [1.82, 2.24) is 24.1 Å². The molecule has 3 aromatic rings. The van der Waals surface area contributed by atoms with E-state index in [1.165, 1.54) is 41.7 Å². The van der Waals surface area contributed by atoms with E-state index in [1.54, 1.807) is 11.8 Å². The monoisotopic (exact) mass is 497 g/mol. The van der Waals surface area contributed by atoms with Gasteiger partial charge in [-0.2, -0.15) is 22.6 Å². The van der Waals surface area contributed by atoms with Crippen molar-refractivity contribution in [3.05, 3.63) is 59.2 Å². The van der Waals surface area contributed by atoms with Gasteiger partial charge in [0.15, 0.2) is 11.5 Å². The first-order chi connectivity index (χ1) is 16.0. The van der Waals surface area contributed by atoms with Crippen LogP contribution >= 0.6 is 0 Å². The summed E-state index contributed by atoms with van der Waals surface area (Å²) in [5, 5.41) is 7.23. The van der Waals surface area contributed by atoms with Crippen LogP contribution in [0.25, 0.3) is 5.69 Å². The minimum Gasteiger partial charge on any atom is -0.360 e. The lowest BCUT2D eigenvalue weighted by molar-refractivity contribution is -0.141. The number of carbonyl (C=O) groups excluding carboxylic acids is 1. The molecule has 0 radical (unpaired) electrons. The maximum absolute atomic E-state index is 13.1. The Kier molecular flexibility index (Phi) is 6.25. The normalized spacial score (nSPS) is 16.0. The molecule has 4 rings (SSSR count). The summed E-state index contributed by atoms with van der Waals surface area (Å²) in [6, 6.07) is 6.91. The van der Waals surface area contributed by atoms with Crippen LogP contribution < -0.4 is 0 Å². The molecule has 0 atom stereocenters.